The molecule has 4 aromatic rings. The Bertz CT molecular complexity index is 1250. The van der Waals surface area contributed by atoms with Gasteiger partial charge in [0.25, 0.3) is 0 Å². The molecule has 0 spiro atoms. The highest BCUT2D eigenvalue weighted by Gasteiger charge is 2.39. The molecule has 0 bridgehead atoms. The lowest BCUT2D eigenvalue weighted by Gasteiger charge is -2.28. The molecule has 4 rings (SSSR count). The number of hydrogen-bond acceptors (Lipinski definition) is 4. The van der Waals surface area contributed by atoms with Crippen LogP contribution in [0.4, 0.5) is 4.39 Å². The zero-order chi connectivity index (χ0) is 22.6. The number of rotatable bonds is 7. The van der Waals surface area contributed by atoms with E-state index in [1.807, 2.05) is 55.5 Å². The van der Waals surface area contributed by atoms with Crippen molar-refractivity contribution in [2.45, 2.75) is 25.7 Å². The van der Waals surface area contributed by atoms with Gasteiger partial charge in [-0.15, -0.1) is 0 Å². The van der Waals surface area contributed by atoms with E-state index < -0.39 is 5.41 Å². The van der Waals surface area contributed by atoms with Gasteiger partial charge in [-0.2, -0.15) is 5.10 Å². The fourth-order valence-corrected chi connectivity index (χ4v) is 3.77. The van der Waals surface area contributed by atoms with E-state index in [0.717, 1.165) is 16.7 Å². The fourth-order valence-electron chi connectivity index (χ4n) is 3.77. The predicted octanol–water partition coefficient (Wildman–Crippen LogP) is 5.10. The molecule has 0 fully saturated rings. The number of carbonyl (C=O) groups excluding carboxylic acids is 1. The third kappa shape index (κ3) is 4.30. The third-order valence-electron chi connectivity index (χ3n) is 5.45. The van der Waals surface area contributed by atoms with Gasteiger partial charge in [-0.25, -0.2) is 13.9 Å². The molecule has 0 saturated heterocycles. The monoisotopic (exact) mass is 429 g/mol. The molecule has 6 heteroatoms. The van der Waals surface area contributed by atoms with Crippen molar-refractivity contribution in [3.63, 3.8) is 0 Å². The molecule has 1 unspecified atom stereocenters. The Morgan fingerprint density at radius 1 is 1.09 bits per heavy atom. The first-order chi connectivity index (χ1) is 15.5. The first kappa shape index (κ1) is 21.4. The molecule has 1 atom stereocenters. The zero-order valence-electron chi connectivity index (χ0n) is 18.0. The van der Waals surface area contributed by atoms with Crippen molar-refractivity contribution in [3.8, 4) is 0 Å². The summed E-state index contributed by atoms with van der Waals surface area (Å²) in [5.74, 6) is -0.587. The summed E-state index contributed by atoms with van der Waals surface area (Å²) in [6.45, 7) is 3.97. The summed E-state index contributed by atoms with van der Waals surface area (Å²) in [6, 6.07) is 17.9. The van der Waals surface area contributed by atoms with E-state index in [2.05, 4.69) is 10.1 Å². The van der Waals surface area contributed by atoms with Crippen molar-refractivity contribution in [3.05, 3.63) is 101 Å². The van der Waals surface area contributed by atoms with Crippen molar-refractivity contribution in [1.29, 1.82) is 0 Å². The van der Waals surface area contributed by atoms with Gasteiger partial charge in [0, 0.05) is 11.8 Å². The molecule has 32 heavy (non-hydrogen) atoms. The Morgan fingerprint density at radius 2 is 1.84 bits per heavy atom. The molecule has 2 aromatic heterocycles. The number of esters is 1. The van der Waals surface area contributed by atoms with E-state index >= 15 is 0 Å². The summed E-state index contributed by atoms with van der Waals surface area (Å²) >= 11 is 0. The first-order valence-corrected chi connectivity index (χ1v) is 10.5. The molecule has 0 aliphatic heterocycles. The molecule has 5 nitrogen and oxygen atoms in total. The van der Waals surface area contributed by atoms with Crippen molar-refractivity contribution in [2.24, 2.45) is 0 Å². The second kappa shape index (κ2) is 9.14. The van der Waals surface area contributed by atoms with Gasteiger partial charge >= 0.3 is 5.97 Å². The molecule has 162 valence electrons. The Labute approximate surface area is 186 Å². The fraction of sp³-hybridized carbons (Fsp3) is 0.192. The van der Waals surface area contributed by atoms with Crippen LogP contribution in [0.25, 0.3) is 17.8 Å². The van der Waals surface area contributed by atoms with Crippen LogP contribution >= 0.6 is 0 Å². The Morgan fingerprint density at radius 3 is 2.56 bits per heavy atom. The van der Waals surface area contributed by atoms with Crippen molar-refractivity contribution >= 4 is 23.8 Å². The highest BCUT2D eigenvalue weighted by molar-refractivity contribution is 5.83. The minimum atomic E-state index is -0.956. The van der Waals surface area contributed by atoms with Crippen LogP contribution in [-0.4, -0.2) is 27.2 Å². The molecule has 2 heterocycles. The van der Waals surface area contributed by atoms with Crippen molar-refractivity contribution in [1.82, 2.24) is 14.6 Å². The summed E-state index contributed by atoms with van der Waals surface area (Å²) in [5, 5.41) is 4.53. The number of halogens is 1. The highest BCUT2D eigenvalue weighted by Crippen LogP contribution is 2.31. The predicted molar refractivity (Wildman–Crippen MR) is 122 cm³/mol. The molecule has 2 aromatic carbocycles. The molecule has 0 N–H and O–H groups in total. The van der Waals surface area contributed by atoms with Crippen LogP contribution in [0, 0.1) is 5.82 Å². The lowest BCUT2D eigenvalue weighted by molar-refractivity contribution is -0.149. The summed E-state index contributed by atoms with van der Waals surface area (Å²) in [4.78, 5) is 17.6. The maximum Gasteiger partial charge on any atom is 0.318 e. The van der Waals surface area contributed by atoms with E-state index in [0.29, 0.717) is 24.4 Å². The zero-order valence-corrected chi connectivity index (χ0v) is 18.0. The van der Waals surface area contributed by atoms with Crippen LogP contribution in [0.1, 0.15) is 36.2 Å². The number of fused-ring (bicyclic) bond motifs is 1. The molecular formula is C26H24FN3O2. The molecule has 0 aliphatic rings. The summed E-state index contributed by atoms with van der Waals surface area (Å²) in [5.41, 5.74) is 3.06. The van der Waals surface area contributed by atoms with Crippen LogP contribution in [0.15, 0.2) is 73.1 Å². The SMILES string of the molecule is CCOC(=O)C(C)(Cc1ccccc1)c1ccnc2c(C=Cc3ccc(F)cc3)cnn12. The molecule has 0 saturated carbocycles. The van der Waals surface area contributed by atoms with Gasteiger partial charge in [0.05, 0.1) is 18.5 Å². The second-order valence-electron chi connectivity index (χ2n) is 7.77. The number of benzene rings is 2. The van der Waals surface area contributed by atoms with E-state index in [-0.39, 0.29) is 11.8 Å². The third-order valence-corrected chi connectivity index (χ3v) is 5.45. The van der Waals surface area contributed by atoms with Crippen molar-refractivity contribution < 1.29 is 13.9 Å². The average Bonchev–Trinajstić information content (AvgIpc) is 3.22. The van der Waals surface area contributed by atoms with Crippen LogP contribution in [0.3, 0.4) is 0 Å². The lowest BCUT2D eigenvalue weighted by Crippen LogP contribution is -2.38. The molecule has 0 aliphatic carbocycles. The van der Waals surface area contributed by atoms with E-state index in [4.69, 9.17) is 4.74 Å². The number of aromatic nitrogens is 3. The second-order valence-corrected chi connectivity index (χ2v) is 7.77. The Kier molecular flexibility index (Phi) is 6.12. The van der Waals surface area contributed by atoms with Crippen LogP contribution < -0.4 is 0 Å². The summed E-state index contributed by atoms with van der Waals surface area (Å²) < 4.78 is 20.3. The maximum atomic E-state index is 13.2. The van der Waals surface area contributed by atoms with E-state index in [1.165, 1.54) is 12.1 Å². The molecular weight excluding hydrogens is 405 g/mol. The molecule has 0 radical (unpaired) electrons. The number of carbonyl (C=O) groups is 1. The first-order valence-electron chi connectivity index (χ1n) is 10.5. The highest BCUT2D eigenvalue weighted by atomic mass is 19.1. The van der Waals surface area contributed by atoms with Crippen LogP contribution in [-0.2, 0) is 21.4 Å². The van der Waals surface area contributed by atoms with E-state index in [9.17, 15) is 9.18 Å². The van der Waals surface area contributed by atoms with Gasteiger partial charge in [-0.05, 0) is 55.7 Å². The Hall–Kier alpha value is -3.80. The van der Waals surface area contributed by atoms with Crippen molar-refractivity contribution in [2.75, 3.05) is 6.61 Å². The quantitative estimate of drug-likeness (QED) is 0.384. The van der Waals surface area contributed by atoms with Crippen LogP contribution in [0.2, 0.25) is 0 Å². The largest absolute Gasteiger partial charge is 0.465 e. The normalized spacial score (nSPS) is 13.3. The Balaban J connectivity index is 1.76. The van der Waals surface area contributed by atoms with Gasteiger partial charge in [0.1, 0.15) is 11.2 Å². The average molecular weight is 429 g/mol. The van der Waals surface area contributed by atoms with Crippen LogP contribution in [0.5, 0.6) is 0 Å². The van der Waals surface area contributed by atoms with Gasteiger partial charge in [-0.3, -0.25) is 4.79 Å². The minimum Gasteiger partial charge on any atom is -0.465 e. The van der Waals surface area contributed by atoms with E-state index in [1.54, 1.807) is 36.0 Å². The van der Waals surface area contributed by atoms with Gasteiger partial charge in [-0.1, -0.05) is 48.5 Å². The van der Waals surface area contributed by atoms with Gasteiger partial charge in [0.15, 0.2) is 5.65 Å². The number of ether oxygens (including phenoxy) is 1. The topological polar surface area (TPSA) is 56.5 Å². The number of hydrogen-bond donors (Lipinski definition) is 0. The molecule has 0 amide bonds. The van der Waals surface area contributed by atoms with Gasteiger partial charge < -0.3 is 4.74 Å². The van der Waals surface area contributed by atoms with Gasteiger partial charge in [0.2, 0.25) is 0 Å². The summed E-state index contributed by atoms with van der Waals surface area (Å²) in [7, 11) is 0. The maximum absolute atomic E-state index is 13.2. The lowest BCUT2D eigenvalue weighted by atomic mass is 9.80. The minimum absolute atomic E-state index is 0.277. The smallest absolute Gasteiger partial charge is 0.318 e. The standard InChI is InChI=1S/C26H24FN3O2/c1-3-32-25(31)26(2,17-20-7-5-4-6-8-20)23-15-16-28-24-21(18-29-30(23)24)12-9-19-10-13-22(27)14-11-19/h4-16,18H,3,17H2,1-2H3. The number of nitrogens with zero attached hydrogens (tertiary/aromatic N) is 3. The summed E-state index contributed by atoms with van der Waals surface area (Å²) in [6.07, 6.45) is 7.61.